The van der Waals surface area contributed by atoms with Crippen LogP contribution < -0.4 is 9.47 Å². The van der Waals surface area contributed by atoms with E-state index in [0.29, 0.717) is 24.0 Å². The standard InChI is InChI=1S/C20H22O4/c1-23-18-9-5-8-16(17(12-19(21)22)15-10-11-15)20(18)24-13-14-6-3-2-4-7-14/h2-9,15,17H,10-13H2,1H3,(H,21,22). The van der Waals surface area contributed by atoms with Gasteiger partial charge in [0, 0.05) is 11.5 Å². The van der Waals surface area contributed by atoms with Crippen LogP contribution in [-0.2, 0) is 11.4 Å². The van der Waals surface area contributed by atoms with Crippen LogP contribution in [0.3, 0.4) is 0 Å². The molecule has 0 aromatic heterocycles. The first-order valence-corrected chi connectivity index (χ1v) is 8.24. The van der Waals surface area contributed by atoms with Gasteiger partial charge in [0.05, 0.1) is 13.5 Å². The summed E-state index contributed by atoms with van der Waals surface area (Å²) in [7, 11) is 1.61. The van der Waals surface area contributed by atoms with E-state index in [4.69, 9.17) is 9.47 Å². The van der Waals surface area contributed by atoms with Gasteiger partial charge in [0.15, 0.2) is 11.5 Å². The summed E-state index contributed by atoms with van der Waals surface area (Å²) in [6.07, 6.45) is 2.28. The van der Waals surface area contributed by atoms with Crippen LogP contribution in [0, 0.1) is 5.92 Å². The molecule has 2 aromatic rings. The first-order valence-electron chi connectivity index (χ1n) is 8.24. The largest absolute Gasteiger partial charge is 0.493 e. The van der Waals surface area contributed by atoms with Crippen LogP contribution in [0.5, 0.6) is 11.5 Å². The number of hydrogen-bond donors (Lipinski definition) is 1. The van der Waals surface area contributed by atoms with Gasteiger partial charge in [-0.25, -0.2) is 0 Å². The maximum atomic E-state index is 11.3. The molecule has 1 aliphatic rings. The molecule has 1 fully saturated rings. The number of ether oxygens (including phenoxy) is 2. The number of carbonyl (C=O) groups is 1. The number of benzene rings is 2. The maximum Gasteiger partial charge on any atom is 0.303 e. The Morgan fingerprint density at radius 1 is 1.17 bits per heavy atom. The predicted molar refractivity (Wildman–Crippen MR) is 91.5 cm³/mol. The molecule has 0 heterocycles. The number of carboxylic acids is 1. The molecule has 4 heteroatoms. The number of carboxylic acid groups (broad SMARTS) is 1. The lowest BCUT2D eigenvalue weighted by Gasteiger charge is -2.21. The number of methoxy groups -OCH3 is 1. The average Bonchev–Trinajstić information content (AvgIpc) is 3.43. The van der Waals surface area contributed by atoms with Gasteiger partial charge in [-0.15, -0.1) is 0 Å². The summed E-state index contributed by atoms with van der Waals surface area (Å²) < 4.78 is 11.5. The minimum atomic E-state index is -0.774. The fraction of sp³-hybridized carbons (Fsp3) is 0.350. The van der Waals surface area contributed by atoms with Crippen molar-refractivity contribution in [3.8, 4) is 11.5 Å². The second-order valence-electron chi connectivity index (χ2n) is 6.19. The molecule has 2 aromatic carbocycles. The second-order valence-corrected chi connectivity index (χ2v) is 6.19. The van der Waals surface area contributed by atoms with Gasteiger partial charge >= 0.3 is 5.97 Å². The van der Waals surface area contributed by atoms with Crippen LogP contribution in [-0.4, -0.2) is 18.2 Å². The Morgan fingerprint density at radius 2 is 1.92 bits per heavy atom. The molecule has 1 aliphatic carbocycles. The summed E-state index contributed by atoms with van der Waals surface area (Å²) in [4.78, 5) is 11.3. The van der Waals surface area contributed by atoms with Crippen LogP contribution >= 0.6 is 0 Å². The van der Waals surface area contributed by atoms with Gasteiger partial charge < -0.3 is 14.6 Å². The number of rotatable bonds is 8. The molecule has 0 amide bonds. The minimum Gasteiger partial charge on any atom is -0.493 e. The highest BCUT2D eigenvalue weighted by atomic mass is 16.5. The van der Waals surface area contributed by atoms with Gasteiger partial charge in [0.1, 0.15) is 6.61 Å². The summed E-state index contributed by atoms with van der Waals surface area (Å²) in [5.41, 5.74) is 2.01. The summed E-state index contributed by atoms with van der Waals surface area (Å²) in [5.74, 6) is 0.945. The van der Waals surface area contributed by atoms with E-state index in [1.165, 1.54) is 0 Å². The van der Waals surface area contributed by atoms with Gasteiger partial charge in [-0.1, -0.05) is 42.5 Å². The summed E-state index contributed by atoms with van der Waals surface area (Å²) in [6.45, 7) is 0.429. The first kappa shape index (κ1) is 16.4. The zero-order chi connectivity index (χ0) is 16.9. The molecule has 4 nitrogen and oxygen atoms in total. The van der Waals surface area contributed by atoms with Crippen molar-refractivity contribution in [1.82, 2.24) is 0 Å². The first-order chi connectivity index (χ1) is 11.7. The third kappa shape index (κ3) is 3.88. The third-order valence-corrected chi connectivity index (χ3v) is 4.44. The lowest BCUT2D eigenvalue weighted by atomic mass is 9.90. The molecule has 0 bridgehead atoms. The Balaban J connectivity index is 1.89. The van der Waals surface area contributed by atoms with Crippen molar-refractivity contribution in [2.24, 2.45) is 5.92 Å². The molecule has 0 aliphatic heterocycles. The topological polar surface area (TPSA) is 55.8 Å². The van der Waals surface area contributed by atoms with Crippen LogP contribution in [0.2, 0.25) is 0 Å². The summed E-state index contributed by atoms with van der Waals surface area (Å²) >= 11 is 0. The third-order valence-electron chi connectivity index (χ3n) is 4.44. The molecule has 0 radical (unpaired) electrons. The van der Waals surface area contributed by atoms with E-state index >= 15 is 0 Å². The Morgan fingerprint density at radius 3 is 2.54 bits per heavy atom. The predicted octanol–water partition coefficient (Wildman–Crippen LogP) is 4.24. The van der Waals surface area contributed by atoms with E-state index in [2.05, 4.69) is 0 Å². The smallest absolute Gasteiger partial charge is 0.303 e. The molecule has 1 unspecified atom stereocenters. The highest BCUT2D eigenvalue weighted by molar-refractivity contribution is 5.69. The fourth-order valence-electron chi connectivity index (χ4n) is 3.09. The van der Waals surface area contributed by atoms with E-state index < -0.39 is 5.97 Å². The second kappa shape index (κ2) is 7.39. The van der Waals surface area contributed by atoms with Crippen LogP contribution in [0.1, 0.15) is 36.3 Å². The Hall–Kier alpha value is -2.49. The molecule has 0 spiro atoms. The van der Waals surface area contributed by atoms with Gasteiger partial charge in [0.2, 0.25) is 0 Å². The molecule has 24 heavy (non-hydrogen) atoms. The zero-order valence-corrected chi connectivity index (χ0v) is 13.8. The average molecular weight is 326 g/mol. The molecular formula is C20H22O4. The summed E-state index contributed by atoms with van der Waals surface area (Å²) in [5, 5.41) is 9.28. The monoisotopic (exact) mass is 326 g/mol. The lowest BCUT2D eigenvalue weighted by molar-refractivity contribution is -0.137. The molecule has 126 valence electrons. The Labute approximate surface area is 142 Å². The van der Waals surface area contributed by atoms with E-state index in [1.807, 2.05) is 48.5 Å². The van der Waals surface area contributed by atoms with Gasteiger partial charge in [-0.3, -0.25) is 4.79 Å². The van der Waals surface area contributed by atoms with Gasteiger partial charge in [-0.2, -0.15) is 0 Å². The maximum absolute atomic E-state index is 11.3. The fourth-order valence-corrected chi connectivity index (χ4v) is 3.09. The molecule has 1 saturated carbocycles. The van der Waals surface area contributed by atoms with Crippen molar-refractivity contribution in [3.63, 3.8) is 0 Å². The number of aliphatic carboxylic acids is 1. The molecule has 3 rings (SSSR count). The number of para-hydroxylation sites is 1. The normalized spacial score (nSPS) is 14.9. The van der Waals surface area contributed by atoms with E-state index in [1.54, 1.807) is 7.11 Å². The van der Waals surface area contributed by atoms with Crippen molar-refractivity contribution in [2.45, 2.75) is 31.8 Å². The quantitative estimate of drug-likeness (QED) is 0.788. The lowest BCUT2D eigenvalue weighted by Crippen LogP contribution is -2.11. The molecule has 1 N–H and O–H groups in total. The van der Waals surface area contributed by atoms with Crippen LogP contribution in [0.25, 0.3) is 0 Å². The Kier molecular flexibility index (Phi) is 5.04. The van der Waals surface area contributed by atoms with Crippen LogP contribution in [0.15, 0.2) is 48.5 Å². The van der Waals surface area contributed by atoms with Crippen molar-refractivity contribution in [3.05, 3.63) is 59.7 Å². The van der Waals surface area contributed by atoms with Crippen molar-refractivity contribution in [2.75, 3.05) is 7.11 Å². The van der Waals surface area contributed by atoms with Crippen molar-refractivity contribution >= 4 is 5.97 Å². The zero-order valence-electron chi connectivity index (χ0n) is 13.8. The van der Waals surface area contributed by atoms with Crippen molar-refractivity contribution < 1.29 is 19.4 Å². The van der Waals surface area contributed by atoms with E-state index in [9.17, 15) is 9.90 Å². The SMILES string of the molecule is COc1cccc(C(CC(=O)O)C2CC2)c1OCc1ccccc1. The molecule has 0 saturated heterocycles. The highest BCUT2D eigenvalue weighted by Gasteiger charge is 2.36. The highest BCUT2D eigenvalue weighted by Crippen LogP contribution is 2.49. The molecule has 1 atom stereocenters. The van der Waals surface area contributed by atoms with E-state index in [-0.39, 0.29) is 12.3 Å². The van der Waals surface area contributed by atoms with Crippen LogP contribution in [0.4, 0.5) is 0 Å². The van der Waals surface area contributed by atoms with E-state index in [0.717, 1.165) is 24.0 Å². The molecular weight excluding hydrogens is 304 g/mol. The minimum absolute atomic E-state index is 0.0247. The Bertz CT molecular complexity index is 692. The van der Waals surface area contributed by atoms with Crippen molar-refractivity contribution in [1.29, 1.82) is 0 Å². The summed E-state index contributed by atoms with van der Waals surface area (Å²) in [6, 6.07) is 15.6. The van der Waals surface area contributed by atoms with Gasteiger partial charge in [-0.05, 0) is 30.4 Å². The van der Waals surface area contributed by atoms with Gasteiger partial charge in [0.25, 0.3) is 0 Å². The number of hydrogen-bond acceptors (Lipinski definition) is 3.